The number of nitrogens with one attached hydrogen (secondary N) is 2. The average Bonchev–Trinajstić information content (AvgIpc) is 2.75. The molecule has 0 radical (unpaired) electrons. The number of fused-ring (bicyclic) bond motifs is 2. The number of nitrogens with zero attached hydrogens (tertiary/aromatic N) is 2. The van der Waals surface area contributed by atoms with Gasteiger partial charge in [-0.05, 0) is 32.1 Å². The Morgan fingerprint density at radius 2 is 1.90 bits per heavy atom. The number of aromatic hydroxyl groups is 1. The van der Waals surface area contributed by atoms with Crippen molar-refractivity contribution in [1.82, 2.24) is 20.2 Å². The van der Waals surface area contributed by atoms with E-state index in [4.69, 9.17) is 0 Å². The number of H-pyrrole nitrogens is 1. The van der Waals surface area contributed by atoms with Gasteiger partial charge in [-0.25, -0.2) is 4.98 Å². The second-order valence-corrected chi connectivity index (χ2v) is 6.92. The maximum atomic E-state index is 12.7. The molecule has 4 N–H and O–H groups in total. The first kappa shape index (κ1) is 21.3. The van der Waals surface area contributed by atoms with Crippen LogP contribution in [-0.2, 0) is 0 Å². The summed E-state index contributed by atoms with van der Waals surface area (Å²) >= 11 is 0. The number of hydrogen-bond acceptors (Lipinski definition) is 7. The number of amides is 1. The summed E-state index contributed by atoms with van der Waals surface area (Å²) in [5.74, 6) is -0.811. The Labute approximate surface area is 171 Å². The molecule has 30 heavy (non-hydrogen) atoms. The van der Waals surface area contributed by atoms with Crippen molar-refractivity contribution >= 4 is 34.2 Å². The van der Waals surface area contributed by atoms with Gasteiger partial charge in [-0.1, -0.05) is 13.8 Å². The van der Waals surface area contributed by atoms with Crippen LogP contribution in [0.5, 0.6) is 5.75 Å². The van der Waals surface area contributed by atoms with Gasteiger partial charge in [0.25, 0.3) is 5.91 Å². The summed E-state index contributed by atoms with van der Waals surface area (Å²) < 4.78 is 0. The number of rotatable bonds is 6. The highest BCUT2D eigenvalue weighted by Gasteiger charge is 2.18. The lowest BCUT2D eigenvalue weighted by molar-refractivity contribution is 0.0950. The van der Waals surface area contributed by atoms with Gasteiger partial charge >= 0.3 is 0 Å². The van der Waals surface area contributed by atoms with Crippen molar-refractivity contribution in [2.45, 2.75) is 20.8 Å². The van der Waals surface area contributed by atoms with E-state index in [0.29, 0.717) is 19.4 Å². The molecule has 1 heterocycles. The smallest absolute Gasteiger partial charge is 0.253 e. The number of aromatic amines is 1. The summed E-state index contributed by atoms with van der Waals surface area (Å²) in [6.45, 7) is 8.32. The quantitative estimate of drug-likeness (QED) is 0.434. The van der Waals surface area contributed by atoms with Crippen LogP contribution in [0.4, 0.5) is 0 Å². The predicted molar refractivity (Wildman–Crippen MR) is 115 cm³/mol. The van der Waals surface area contributed by atoms with E-state index < -0.39 is 22.5 Å². The number of phenols is 1. The Bertz CT molecular complexity index is 1300. The summed E-state index contributed by atoms with van der Waals surface area (Å²) in [5.41, 5.74) is -0.797. The number of phenolic OH excluding ortho intramolecular Hbond substituents is 1. The highest BCUT2D eigenvalue weighted by atomic mass is 16.3. The highest BCUT2D eigenvalue weighted by molar-refractivity contribution is 6.06. The van der Waals surface area contributed by atoms with E-state index >= 15 is 0 Å². The van der Waals surface area contributed by atoms with E-state index in [-0.39, 0.29) is 38.4 Å². The molecular formula is C21H24N4O5. The van der Waals surface area contributed by atoms with Gasteiger partial charge in [0, 0.05) is 18.7 Å². The van der Waals surface area contributed by atoms with Gasteiger partial charge in [0.1, 0.15) is 22.3 Å². The molecule has 0 fully saturated rings. The maximum Gasteiger partial charge on any atom is 0.253 e. The maximum absolute atomic E-state index is 12.7. The second kappa shape index (κ2) is 8.50. The molecule has 0 aliphatic rings. The standard InChI is InChI=1S/C21H24N4O5/c1-4-25(5-2)9-8-22-21(30)12-6-7-14(27)17-15(12)24-18-16(23-17)13(10-26)19(28)11(3)20(18)29/h6-7,10,24,26,28H,4-5,8-9H2,1-3H3,(H,22,30)/b13-10+. The minimum absolute atomic E-state index is 0.0131. The molecule has 0 bridgehead atoms. The van der Waals surface area contributed by atoms with Gasteiger partial charge in [0.15, 0.2) is 0 Å². The molecule has 3 rings (SSSR count). The molecule has 1 aromatic heterocycles. The largest absolute Gasteiger partial charge is 0.515 e. The van der Waals surface area contributed by atoms with Crippen LogP contribution in [0.3, 0.4) is 0 Å². The van der Waals surface area contributed by atoms with Crippen molar-refractivity contribution in [2.24, 2.45) is 0 Å². The number of aliphatic hydroxyl groups excluding tert-OH is 1. The van der Waals surface area contributed by atoms with Gasteiger partial charge < -0.3 is 25.4 Å². The van der Waals surface area contributed by atoms with E-state index in [1.807, 2.05) is 13.8 Å². The molecule has 158 valence electrons. The number of likely N-dealkylation sites (N-methyl/N-ethyl adjacent to an activating group) is 1. The molecule has 3 aromatic rings. The minimum atomic E-state index is -0.535. The van der Waals surface area contributed by atoms with Crippen LogP contribution in [0.1, 0.15) is 29.8 Å². The molecule has 0 aliphatic heterocycles. The number of carbonyl (C=O) groups excluding carboxylic acids is 1. The molecule has 0 spiro atoms. The summed E-state index contributed by atoms with van der Waals surface area (Å²) in [5, 5.41) is 22.4. The van der Waals surface area contributed by atoms with Crippen molar-refractivity contribution < 1.29 is 15.0 Å². The zero-order valence-electron chi connectivity index (χ0n) is 17.1. The van der Waals surface area contributed by atoms with E-state index in [0.717, 1.165) is 13.1 Å². The number of hydrogen-bond donors (Lipinski definition) is 4. The third-order valence-corrected chi connectivity index (χ3v) is 5.27. The third kappa shape index (κ3) is 3.59. The minimum Gasteiger partial charge on any atom is -0.515 e. The first-order chi connectivity index (χ1) is 14.3. The molecule has 9 heteroatoms. The zero-order valence-corrected chi connectivity index (χ0v) is 17.1. The van der Waals surface area contributed by atoms with Crippen molar-refractivity contribution in [3.63, 3.8) is 0 Å². The molecule has 2 aromatic carbocycles. The lowest BCUT2D eigenvalue weighted by Crippen LogP contribution is -2.35. The Morgan fingerprint density at radius 1 is 1.20 bits per heavy atom. The van der Waals surface area contributed by atoms with Crippen molar-refractivity contribution in [3.8, 4) is 5.75 Å². The van der Waals surface area contributed by atoms with Gasteiger partial charge in [-0.2, -0.15) is 0 Å². The lowest BCUT2D eigenvalue weighted by atomic mass is 10.1. The van der Waals surface area contributed by atoms with Crippen molar-refractivity contribution in [2.75, 3.05) is 26.2 Å². The molecule has 0 saturated carbocycles. The molecular weight excluding hydrogens is 388 g/mol. The molecule has 0 atom stereocenters. The second-order valence-electron chi connectivity index (χ2n) is 6.92. The topological polar surface area (TPSA) is 136 Å². The van der Waals surface area contributed by atoms with Crippen LogP contribution in [0.15, 0.2) is 21.7 Å². The fourth-order valence-electron chi connectivity index (χ4n) is 3.40. The Kier molecular flexibility index (Phi) is 6.02. The van der Waals surface area contributed by atoms with E-state index in [9.17, 15) is 24.6 Å². The average molecular weight is 412 g/mol. The van der Waals surface area contributed by atoms with E-state index in [1.165, 1.54) is 19.1 Å². The van der Waals surface area contributed by atoms with Gasteiger partial charge in [0.05, 0.1) is 22.6 Å². The van der Waals surface area contributed by atoms with Crippen LogP contribution in [0, 0.1) is 6.92 Å². The first-order valence-corrected chi connectivity index (χ1v) is 9.71. The molecule has 9 nitrogen and oxygen atoms in total. The van der Waals surface area contributed by atoms with Crippen LogP contribution in [0.25, 0.3) is 28.3 Å². The zero-order chi connectivity index (χ0) is 22.0. The predicted octanol–water partition coefficient (Wildman–Crippen LogP) is 0.537. The summed E-state index contributed by atoms with van der Waals surface area (Å²) in [6, 6.07) is 2.61. The highest BCUT2D eigenvalue weighted by Crippen LogP contribution is 2.17. The number of aliphatic hydroxyl groups is 1. The summed E-state index contributed by atoms with van der Waals surface area (Å²) in [6.07, 6.45) is 0.630. The number of carbonyl (C=O) groups is 1. The van der Waals surface area contributed by atoms with Crippen LogP contribution in [0.2, 0.25) is 0 Å². The van der Waals surface area contributed by atoms with Gasteiger partial charge in [0.2, 0.25) is 10.9 Å². The van der Waals surface area contributed by atoms with Crippen LogP contribution in [-0.4, -0.2) is 57.2 Å². The molecule has 1 amide bonds. The fraction of sp³-hybridized carbons (Fsp3) is 0.333. The monoisotopic (exact) mass is 412 g/mol. The Morgan fingerprint density at radius 3 is 2.53 bits per heavy atom. The van der Waals surface area contributed by atoms with E-state index in [2.05, 4.69) is 20.2 Å². The van der Waals surface area contributed by atoms with Gasteiger partial charge in [-0.15, -0.1) is 0 Å². The first-order valence-electron chi connectivity index (χ1n) is 9.71. The molecule has 0 saturated heterocycles. The molecule has 0 aliphatic carbocycles. The lowest BCUT2D eigenvalue weighted by Gasteiger charge is -2.18. The SMILES string of the molecule is CCN(CC)CCNC(=O)c1ccc(=O)c2nc3/c(=C\O)c(O)c(C)c(=O)c3[nH]c12. The summed E-state index contributed by atoms with van der Waals surface area (Å²) in [4.78, 5) is 47.0. The van der Waals surface area contributed by atoms with Crippen LogP contribution < -0.4 is 21.4 Å². The summed E-state index contributed by atoms with van der Waals surface area (Å²) in [7, 11) is 0. The van der Waals surface area contributed by atoms with Crippen molar-refractivity contribution in [1.29, 1.82) is 0 Å². The number of benzene rings is 2. The van der Waals surface area contributed by atoms with Crippen LogP contribution >= 0.6 is 0 Å². The third-order valence-electron chi connectivity index (χ3n) is 5.27. The van der Waals surface area contributed by atoms with Gasteiger partial charge in [-0.3, -0.25) is 14.4 Å². The number of aromatic nitrogens is 2. The molecule has 0 unspecified atom stereocenters. The normalized spacial score (nSPS) is 12.2. The Balaban J connectivity index is 2.16. The van der Waals surface area contributed by atoms with Crippen molar-refractivity contribution in [3.05, 3.63) is 48.9 Å². The Hall–Kier alpha value is -3.46. The van der Waals surface area contributed by atoms with E-state index in [1.54, 1.807) is 0 Å². The fourth-order valence-corrected chi connectivity index (χ4v) is 3.40.